The highest BCUT2D eigenvalue weighted by atomic mass is 32.2. The number of hydrogen-bond donors (Lipinski definition) is 1. The number of aromatic carboxylic acids is 1. The number of hydrogen-bond acceptors (Lipinski definition) is 4. The van der Waals surface area contributed by atoms with Crippen molar-refractivity contribution in [2.45, 2.75) is 24.5 Å². The summed E-state index contributed by atoms with van der Waals surface area (Å²) in [4.78, 5) is 11.1. The van der Waals surface area contributed by atoms with Crippen LogP contribution < -0.4 is 0 Å². The number of carboxylic acids is 1. The van der Waals surface area contributed by atoms with Crippen LogP contribution in [0, 0.1) is 13.8 Å². The minimum absolute atomic E-state index is 0.248. The van der Waals surface area contributed by atoms with E-state index in [1.807, 2.05) is 0 Å². The molecule has 1 aromatic heterocycles. The van der Waals surface area contributed by atoms with E-state index in [0.717, 1.165) is 0 Å². The van der Waals surface area contributed by atoms with Gasteiger partial charge in [-0.05, 0) is 31.5 Å². The first-order valence-corrected chi connectivity index (χ1v) is 7.57. The van der Waals surface area contributed by atoms with Crippen LogP contribution >= 0.6 is 0 Å². The molecule has 2 aromatic rings. The van der Waals surface area contributed by atoms with Gasteiger partial charge < -0.3 is 9.52 Å². The largest absolute Gasteiger partial charge is 0.475 e. The maximum Gasteiger partial charge on any atom is 0.371 e. The molecule has 20 heavy (non-hydrogen) atoms. The summed E-state index contributed by atoms with van der Waals surface area (Å²) in [6.07, 6.45) is 0. The van der Waals surface area contributed by atoms with Crippen molar-refractivity contribution in [1.29, 1.82) is 0 Å². The topological polar surface area (TPSA) is 84.6 Å². The molecule has 1 heterocycles. The van der Waals surface area contributed by atoms with Crippen molar-refractivity contribution < 1.29 is 22.7 Å². The van der Waals surface area contributed by atoms with Crippen LogP contribution in [0.15, 0.2) is 39.6 Å². The number of carbonyl (C=O) groups is 1. The highest BCUT2D eigenvalue weighted by Gasteiger charge is 2.22. The zero-order valence-electron chi connectivity index (χ0n) is 11.1. The van der Waals surface area contributed by atoms with Crippen molar-refractivity contribution in [2.75, 3.05) is 0 Å². The molecule has 0 saturated heterocycles. The van der Waals surface area contributed by atoms with Gasteiger partial charge in [0.05, 0.1) is 10.6 Å². The minimum Gasteiger partial charge on any atom is -0.475 e. The van der Waals surface area contributed by atoms with Gasteiger partial charge in [0, 0.05) is 5.56 Å². The summed E-state index contributed by atoms with van der Waals surface area (Å²) in [5.41, 5.74) is 1.03. The molecule has 0 unspecified atom stereocenters. The molecule has 0 radical (unpaired) electrons. The van der Waals surface area contributed by atoms with Crippen LogP contribution in [0.2, 0.25) is 0 Å². The summed E-state index contributed by atoms with van der Waals surface area (Å²) < 4.78 is 29.8. The molecule has 1 aromatic carbocycles. The fraction of sp³-hybridized carbons (Fsp3) is 0.214. The Morgan fingerprint density at radius 1 is 1.25 bits per heavy atom. The second-order valence-corrected chi connectivity index (χ2v) is 6.48. The summed E-state index contributed by atoms with van der Waals surface area (Å²) >= 11 is 0. The molecule has 0 aliphatic carbocycles. The Labute approximate surface area is 116 Å². The fourth-order valence-corrected chi connectivity index (χ4v) is 3.65. The van der Waals surface area contributed by atoms with E-state index >= 15 is 0 Å². The van der Waals surface area contributed by atoms with Gasteiger partial charge >= 0.3 is 5.97 Å². The smallest absolute Gasteiger partial charge is 0.371 e. The highest BCUT2D eigenvalue weighted by Crippen LogP contribution is 2.23. The Morgan fingerprint density at radius 2 is 1.90 bits per heavy atom. The van der Waals surface area contributed by atoms with Gasteiger partial charge in [0.2, 0.25) is 5.76 Å². The molecule has 0 saturated carbocycles. The van der Waals surface area contributed by atoms with Gasteiger partial charge in [-0.2, -0.15) is 0 Å². The maximum absolute atomic E-state index is 12.4. The average Bonchev–Trinajstić information content (AvgIpc) is 2.71. The summed E-state index contributed by atoms with van der Waals surface area (Å²) in [5, 5.41) is 8.84. The van der Waals surface area contributed by atoms with Crippen molar-refractivity contribution in [3.05, 3.63) is 53.0 Å². The van der Waals surface area contributed by atoms with Crippen LogP contribution in [0.1, 0.15) is 27.4 Å². The van der Waals surface area contributed by atoms with E-state index in [1.165, 1.54) is 12.1 Å². The maximum atomic E-state index is 12.4. The molecule has 0 fully saturated rings. The summed E-state index contributed by atoms with van der Waals surface area (Å²) in [7, 11) is -3.53. The Hall–Kier alpha value is -2.08. The molecule has 0 aliphatic rings. The zero-order chi connectivity index (χ0) is 14.9. The molecule has 2 rings (SSSR count). The van der Waals surface area contributed by atoms with Crippen LogP contribution in [0.4, 0.5) is 0 Å². The van der Waals surface area contributed by atoms with Crippen molar-refractivity contribution in [3.8, 4) is 0 Å². The first-order valence-electron chi connectivity index (χ1n) is 5.92. The van der Waals surface area contributed by atoms with Crippen LogP contribution in [0.5, 0.6) is 0 Å². The van der Waals surface area contributed by atoms with Crippen LogP contribution in [0.3, 0.4) is 0 Å². The number of rotatable bonds is 4. The number of sulfone groups is 1. The van der Waals surface area contributed by atoms with Gasteiger partial charge in [-0.1, -0.05) is 18.2 Å². The first-order chi connectivity index (χ1) is 9.31. The molecular weight excluding hydrogens is 280 g/mol. The molecule has 1 N–H and O–H groups in total. The molecular formula is C14H14O5S. The normalized spacial score (nSPS) is 11.5. The summed E-state index contributed by atoms with van der Waals surface area (Å²) in [5.74, 6) is -1.44. The Morgan fingerprint density at radius 3 is 2.45 bits per heavy atom. The third-order valence-corrected chi connectivity index (χ3v) is 4.82. The lowest BCUT2D eigenvalue weighted by atomic mass is 10.2. The van der Waals surface area contributed by atoms with Crippen LogP contribution in [-0.4, -0.2) is 19.5 Å². The molecule has 0 bridgehead atoms. The lowest BCUT2D eigenvalue weighted by Gasteiger charge is -2.06. The molecule has 0 atom stereocenters. The quantitative estimate of drug-likeness (QED) is 0.936. The van der Waals surface area contributed by atoms with Gasteiger partial charge in [0.15, 0.2) is 9.84 Å². The highest BCUT2D eigenvalue weighted by molar-refractivity contribution is 7.90. The van der Waals surface area contributed by atoms with E-state index in [1.54, 1.807) is 32.0 Å². The van der Waals surface area contributed by atoms with Crippen molar-refractivity contribution in [2.24, 2.45) is 0 Å². The average molecular weight is 294 g/mol. The summed E-state index contributed by atoms with van der Waals surface area (Å²) in [6.45, 7) is 3.27. The third kappa shape index (κ3) is 2.75. The van der Waals surface area contributed by atoms with Gasteiger partial charge in [-0.15, -0.1) is 0 Å². The number of carboxylic acid groups (broad SMARTS) is 1. The number of benzene rings is 1. The van der Waals surface area contributed by atoms with Crippen molar-refractivity contribution in [1.82, 2.24) is 0 Å². The number of furan rings is 1. The second kappa shape index (κ2) is 5.13. The monoisotopic (exact) mass is 294 g/mol. The Kier molecular flexibility index (Phi) is 3.67. The number of aryl methyl sites for hydroxylation is 2. The van der Waals surface area contributed by atoms with E-state index in [0.29, 0.717) is 16.9 Å². The van der Waals surface area contributed by atoms with E-state index in [9.17, 15) is 13.2 Å². The lowest BCUT2D eigenvalue weighted by molar-refractivity contribution is 0.0661. The van der Waals surface area contributed by atoms with E-state index in [-0.39, 0.29) is 16.4 Å². The lowest BCUT2D eigenvalue weighted by Crippen LogP contribution is -2.07. The standard InChI is InChI=1S/C14H14O5S/c1-9-5-3-4-6-13(9)20(17,18)8-11-7-12(14(15)16)19-10(11)2/h3-7H,8H2,1-2H3,(H,15,16). The molecule has 0 spiro atoms. The molecule has 5 nitrogen and oxygen atoms in total. The molecule has 106 valence electrons. The van der Waals surface area contributed by atoms with Gasteiger partial charge in [0.25, 0.3) is 0 Å². The van der Waals surface area contributed by atoms with E-state index in [4.69, 9.17) is 9.52 Å². The fourth-order valence-electron chi connectivity index (χ4n) is 1.96. The van der Waals surface area contributed by atoms with Gasteiger partial charge in [0.1, 0.15) is 5.76 Å². The minimum atomic E-state index is -3.53. The van der Waals surface area contributed by atoms with Crippen molar-refractivity contribution >= 4 is 15.8 Å². The van der Waals surface area contributed by atoms with E-state index < -0.39 is 15.8 Å². The SMILES string of the molecule is Cc1ccccc1S(=O)(=O)Cc1cc(C(=O)O)oc1C. The second-order valence-electron chi connectivity index (χ2n) is 4.52. The predicted octanol–water partition coefficient (Wildman–Crippen LogP) is 2.57. The molecule has 6 heteroatoms. The van der Waals surface area contributed by atoms with Crippen LogP contribution in [-0.2, 0) is 15.6 Å². The third-order valence-electron chi connectivity index (χ3n) is 3.01. The van der Waals surface area contributed by atoms with Crippen LogP contribution in [0.25, 0.3) is 0 Å². The summed E-state index contributed by atoms with van der Waals surface area (Å²) in [6, 6.07) is 7.94. The molecule has 0 amide bonds. The van der Waals surface area contributed by atoms with E-state index in [2.05, 4.69) is 0 Å². The molecule has 0 aliphatic heterocycles. The zero-order valence-corrected chi connectivity index (χ0v) is 11.9. The van der Waals surface area contributed by atoms with Gasteiger partial charge in [-0.3, -0.25) is 0 Å². The predicted molar refractivity (Wildman–Crippen MR) is 72.5 cm³/mol. The first kappa shape index (κ1) is 14.3. The Bertz CT molecular complexity index is 756. The van der Waals surface area contributed by atoms with Crippen molar-refractivity contribution in [3.63, 3.8) is 0 Å². The van der Waals surface area contributed by atoms with Gasteiger partial charge in [-0.25, -0.2) is 13.2 Å². The Balaban J connectivity index is 2.39.